The van der Waals surface area contributed by atoms with Crippen molar-refractivity contribution in [1.82, 2.24) is 4.98 Å². The Bertz CT molecular complexity index is 1280. The molecular weight excluding hydrogens is 448 g/mol. The van der Waals surface area contributed by atoms with E-state index in [1.54, 1.807) is 36.4 Å². The Morgan fingerprint density at radius 2 is 1.78 bits per heavy atom. The summed E-state index contributed by atoms with van der Waals surface area (Å²) >= 11 is 7.61. The summed E-state index contributed by atoms with van der Waals surface area (Å²) in [6.07, 6.45) is 0. The van der Waals surface area contributed by atoms with Crippen molar-refractivity contribution in [2.75, 3.05) is 15.5 Å². The van der Waals surface area contributed by atoms with E-state index in [-0.39, 0.29) is 16.6 Å². The van der Waals surface area contributed by atoms with Crippen LogP contribution in [0, 0.1) is 20.8 Å². The van der Waals surface area contributed by atoms with Gasteiger partial charge in [-0.1, -0.05) is 35.9 Å². The van der Waals surface area contributed by atoms with E-state index in [0.717, 1.165) is 21.0 Å². The predicted molar refractivity (Wildman–Crippen MR) is 126 cm³/mol. The van der Waals surface area contributed by atoms with Gasteiger partial charge in [0.1, 0.15) is 10.7 Å². The standard InChI is InChI=1S/C23H19ClN4O3S/c1-12-7-4-5-10-17(12)28-21(30)18(24)19(22(28)31)26-16-9-6-8-15(11-16)20(29)27-23-25-13(2)14(3)32-23/h4-11,26H,1-3H3,(H,25,27,29). The largest absolute Gasteiger partial charge is 0.350 e. The molecular formula is C23H19ClN4O3S. The van der Waals surface area contributed by atoms with E-state index >= 15 is 0 Å². The van der Waals surface area contributed by atoms with Gasteiger partial charge in [0.25, 0.3) is 17.7 Å². The number of hydrogen-bond acceptors (Lipinski definition) is 6. The van der Waals surface area contributed by atoms with Gasteiger partial charge in [-0.15, -0.1) is 11.3 Å². The first-order valence-corrected chi connectivity index (χ1v) is 10.9. The minimum atomic E-state index is -0.600. The van der Waals surface area contributed by atoms with E-state index < -0.39 is 11.8 Å². The first-order chi connectivity index (χ1) is 15.3. The maximum absolute atomic E-state index is 13.0. The van der Waals surface area contributed by atoms with E-state index in [1.807, 2.05) is 32.9 Å². The second kappa shape index (κ2) is 8.57. The van der Waals surface area contributed by atoms with Gasteiger partial charge in [0, 0.05) is 16.1 Å². The number of thiazole rings is 1. The summed E-state index contributed by atoms with van der Waals surface area (Å²) in [4.78, 5) is 44.7. The van der Waals surface area contributed by atoms with Crippen LogP contribution in [0.15, 0.2) is 59.3 Å². The molecule has 7 nitrogen and oxygen atoms in total. The second-order valence-corrected chi connectivity index (χ2v) is 8.82. The molecule has 0 spiro atoms. The number of anilines is 3. The summed E-state index contributed by atoms with van der Waals surface area (Å²) in [5.74, 6) is -1.49. The van der Waals surface area contributed by atoms with Crippen molar-refractivity contribution in [3.8, 4) is 0 Å². The average molecular weight is 467 g/mol. The number of amides is 3. The molecule has 32 heavy (non-hydrogen) atoms. The minimum absolute atomic E-state index is 0.0383. The van der Waals surface area contributed by atoms with Crippen molar-refractivity contribution in [2.24, 2.45) is 0 Å². The average Bonchev–Trinajstić information content (AvgIpc) is 3.19. The van der Waals surface area contributed by atoms with Crippen molar-refractivity contribution in [3.05, 3.63) is 81.0 Å². The number of nitrogens with one attached hydrogen (secondary N) is 2. The number of carbonyl (C=O) groups is 3. The summed E-state index contributed by atoms with van der Waals surface area (Å²) in [5, 5.41) is 5.99. The van der Waals surface area contributed by atoms with E-state index in [2.05, 4.69) is 15.6 Å². The number of para-hydroxylation sites is 1. The Morgan fingerprint density at radius 1 is 1.03 bits per heavy atom. The molecule has 4 rings (SSSR count). The van der Waals surface area contributed by atoms with Gasteiger partial charge in [-0.2, -0.15) is 0 Å². The molecule has 162 valence electrons. The van der Waals surface area contributed by atoms with Gasteiger partial charge in [-0.25, -0.2) is 9.88 Å². The molecule has 2 aromatic carbocycles. The molecule has 0 saturated carbocycles. The van der Waals surface area contributed by atoms with Crippen LogP contribution in [0.5, 0.6) is 0 Å². The minimum Gasteiger partial charge on any atom is -0.350 e. The van der Waals surface area contributed by atoms with E-state index in [1.165, 1.54) is 11.3 Å². The summed E-state index contributed by atoms with van der Waals surface area (Å²) in [5.41, 5.74) is 2.88. The number of imide groups is 1. The highest BCUT2D eigenvalue weighted by molar-refractivity contribution is 7.15. The zero-order valence-electron chi connectivity index (χ0n) is 17.5. The molecule has 0 atom stereocenters. The number of carbonyl (C=O) groups excluding carboxylic acids is 3. The topological polar surface area (TPSA) is 91.4 Å². The van der Waals surface area contributed by atoms with Gasteiger partial charge in [0.15, 0.2) is 5.13 Å². The monoisotopic (exact) mass is 466 g/mol. The molecule has 0 aliphatic carbocycles. The second-order valence-electron chi connectivity index (χ2n) is 7.24. The fourth-order valence-corrected chi connectivity index (χ4v) is 4.24. The molecule has 0 radical (unpaired) electrons. The van der Waals surface area contributed by atoms with Crippen molar-refractivity contribution in [3.63, 3.8) is 0 Å². The number of halogens is 1. The molecule has 3 amide bonds. The molecule has 2 N–H and O–H groups in total. The summed E-state index contributed by atoms with van der Waals surface area (Å²) in [6.45, 7) is 5.62. The Morgan fingerprint density at radius 3 is 2.47 bits per heavy atom. The molecule has 0 saturated heterocycles. The van der Waals surface area contributed by atoms with Gasteiger partial charge < -0.3 is 5.32 Å². The smallest absolute Gasteiger partial charge is 0.283 e. The number of hydrogen-bond donors (Lipinski definition) is 2. The molecule has 9 heteroatoms. The fourth-order valence-electron chi connectivity index (χ4n) is 3.22. The molecule has 0 fully saturated rings. The molecule has 3 aromatic rings. The SMILES string of the molecule is Cc1ccccc1N1C(=O)C(Cl)=C(Nc2cccc(C(=O)Nc3nc(C)c(C)s3)c2)C1=O. The first-order valence-electron chi connectivity index (χ1n) is 9.73. The quantitative estimate of drug-likeness (QED) is 0.529. The highest BCUT2D eigenvalue weighted by Crippen LogP contribution is 2.32. The Balaban J connectivity index is 1.55. The third-order valence-corrected chi connectivity index (χ3v) is 6.37. The van der Waals surface area contributed by atoms with Crippen molar-refractivity contribution in [2.45, 2.75) is 20.8 Å². The van der Waals surface area contributed by atoms with Crippen LogP contribution >= 0.6 is 22.9 Å². The van der Waals surface area contributed by atoms with Crippen LogP contribution < -0.4 is 15.5 Å². The normalized spacial score (nSPS) is 13.7. The first kappa shape index (κ1) is 21.7. The number of benzene rings is 2. The summed E-state index contributed by atoms with van der Waals surface area (Å²) < 4.78 is 0. The lowest BCUT2D eigenvalue weighted by Crippen LogP contribution is -2.32. The number of rotatable bonds is 5. The van der Waals surface area contributed by atoms with Crippen molar-refractivity contribution < 1.29 is 14.4 Å². The van der Waals surface area contributed by atoms with Crippen LogP contribution in [-0.4, -0.2) is 22.7 Å². The third kappa shape index (κ3) is 4.02. The maximum Gasteiger partial charge on any atom is 0.283 e. The van der Waals surface area contributed by atoms with Crippen LogP contribution in [0.3, 0.4) is 0 Å². The zero-order chi connectivity index (χ0) is 23.0. The van der Waals surface area contributed by atoms with E-state index in [0.29, 0.717) is 22.1 Å². The number of aryl methyl sites for hydroxylation is 3. The third-order valence-electron chi connectivity index (χ3n) is 5.03. The predicted octanol–water partition coefficient (Wildman–Crippen LogP) is 4.76. The molecule has 2 heterocycles. The molecule has 0 unspecified atom stereocenters. The van der Waals surface area contributed by atoms with E-state index in [4.69, 9.17) is 11.6 Å². The van der Waals surface area contributed by atoms with Gasteiger partial charge in [0.05, 0.1) is 11.4 Å². The lowest BCUT2D eigenvalue weighted by Gasteiger charge is -2.17. The molecule has 1 aliphatic heterocycles. The summed E-state index contributed by atoms with van der Waals surface area (Å²) in [6, 6.07) is 13.6. The lowest BCUT2D eigenvalue weighted by molar-refractivity contribution is -0.120. The molecule has 1 aliphatic rings. The Hall–Kier alpha value is -3.49. The molecule has 0 bridgehead atoms. The Labute approximate surface area is 193 Å². The number of nitrogens with zero attached hydrogens (tertiary/aromatic N) is 2. The number of aromatic nitrogens is 1. The van der Waals surface area contributed by atoms with Crippen LogP contribution in [-0.2, 0) is 9.59 Å². The van der Waals surface area contributed by atoms with Crippen LogP contribution in [0.4, 0.5) is 16.5 Å². The highest BCUT2D eigenvalue weighted by atomic mass is 35.5. The Kier molecular flexibility index (Phi) is 5.82. The van der Waals surface area contributed by atoms with Crippen LogP contribution in [0.25, 0.3) is 0 Å². The van der Waals surface area contributed by atoms with E-state index in [9.17, 15) is 14.4 Å². The van der Waals surface area contributed by atoms with Crippen LogP contribution in [0.1, 0.15) is 26.5 Å². The maximum atomic E-state index is 13.0. The molecule has 1 aromatic heterocycles. The zero-order valence-corrected chi connectivity index (χ0v) is 19.1. The highest BCUT2D eigenvalue weighted by Gasteiger charge is 2.39. The van der Waals surface area contributed by atoms with Crippen molar-refractivity contribution >= 4 is 57.2 Å². The van der Waals surface area contributed by atoms with Crippen LogP contribution in [0.2, 0.25) is 0 Å². The van der Waals surface area contributed by atoms with Crippen molar-refractivity contribution in [1.29, 1.82) is 0 Å². The van der Waals surface area contributed by atoms with Gasteiger partial charge >= 0.3 is 0 Å². The van der Waals surface area contributed by atoms with Gasteiger partial charge in [-0.3, -0.25) is 19.7 Å². The summed E-state index contributed by atoms with van der Waals surface area (Å²) in [7, 11) is 0. The van der Waals surface area contributed by atoms with Gasteiger partial charge in [0.2, 0.25) is 0 Å². The fraction of sp³-hybridized carbons (Fsp3) is 0.130. The van der Waals surface area contributed by atoms with Gasteiger partial charge in [-0.05, 0) is 50.6 Å². The lowest BCUT2D eigenvalue weighted by atomic mass is 10.2.